The zero-order valence-corrected chi connectivity index (χ0v) is 7.51. The minimum absolute atomic E-state index is 0.0874. The van der Waals surface area contributed by atoms with Crippen LogP contribution in [-0.2, 0) is 4.79 Å². The third kappa shape index (κ3) is 1.18. The van der Waals surface area contributed by atoms with Gasteiger partial charge in [-0.15, -0.1) is 0 Å². The summed E-state index contributed by atoms with van der Waals surface area (Å²) in [5, 5.41) is 8.81. The number of Topliss-reactive ketones (excluding diaryl/α,β-unsaturated/α-hetero) is 1. The van der Waals surface area contributed by atoms with Crippen LogP contribution in [0.5, 0.6) is 0 Å². The van der Waals surface area contributed by atoms with Gasteiger partial charge in [0.05, 0.1) is 6.07 Å². The van der Waals surface area contributed by atoms with Gasteiger partial charge in [0.15, 0.2) is 5.78 Å². The van der Waals surface area contributed by atoms with Crippen LogP contribution in [0.1, 0.15) is 20.8 Å². The maximum absolute atomic E-state index is 11.5. The lowest BCUT2D eigenvalue weighted by molar-refractivity contribution is -0.119. The van der Waals surface area contributed by atoms with Crippen LogP contribution in [0.3, 0.4) is 0 Å². The van der Waals surface area contributed by atoms with Gasteiger partial charge in [0.25, 0.3) is 0 Å². The summed E-state index contributed by atoms with van der Waals surface area (Å²) in [6.45, 7) is 5.29. The lowest BCUT2D eigenvalue weighted by Crippen LogP contribution is -2.27. The Balaban J connectivity index is 3.22. The molecule has 2 nitrogen and oxygen atoms in total. The van der Waals surface area contributed by atoms with Gasteiger partial charge in [-0.25, -0.2) is 0 Å². The van der Waals surface area contributed by atoms with Crippen LogP contribution >= 0.6 is 0 Å². The smallest absolute Gasteiger partial charge is 0.182 e. The average Bonchev–Trinajstić information content (AvgIpc) is 2.00. The number of carbonyl (C=O) groups is 1. The van der Waals surface area contributed by atoms with E-state index < -0.39 is 5.41 Å². The fourth-order valence-electron chi connectivity index (χ4n) is 1.46. The number of hydrogen-bond acceptors (Lipinski definition) is 2. The van der Waals surface area contributed by atoms with E-state index in [0.717, 1.165) is 5.57 Å². The first-order valence-corrected chi connectivity index (χ1v) is 3.83. The maximum Gasteiger partial charge on any atom is 0.182 e. The molecule has 0 bridgehead atoms. The molecule has 1 aliphatic carbocycles. The van der Waals surface area contributed by atoms with Crippen molar-refractivity contribution in [3.63, 3.8) is 0 Å². The summed E-state index contributed by atoms with van der Waals surface area (Å²) in [6.07, 6.45) is 3.52. The number of allylic oxidation sites excluding steroid dienone is 4. The largest absolute Gasteiger partial charge is 0.292 e. The van der Waals surface area contributed by atoms with E-state index in [1.807, 2.05) is 13.0 Å². The van der Waals surface area contributed by atoms with Gasteiger partial charge in [-0.1, -0.05) is 17.7 Å². The molecule has 0 spiro atoms. The SMILES string of the molecule is CC1=CC(C)(C#N)C(=O)C(C)=C1. The van der Waals surface area contributed by atoms with Crippen molar-refractivity contribution in [1.82, 2.24) is 0 Å². The van der Waals surface area contributed by atoms with E-state index in [1.165, 1.54) is 0 Å². The lowest BCUT2D eigenvalue weighted by atomic mass is 9.78. The predicted molar refractivity (Wildman–Crippen MR) is 46.2 cm³/mol. The molecule has 0 aromatic heterocycles. The molecule has 0 saturated heterocycles. The van der Waals surface area contributed by atoms with Crippen molar-refractivity contribution >= 4 is 5.78 Å². The molecule has 0 radical (unpaired) electrons. The molecule has 1 aliphatic rings. The van der Waals surface area contributed by atoms with Gasteiger partial charge in [-0.2, -0.15) is 5.26 Å². The Kier molecular flexibility index (Phi) is 1.89. The van der Waals surface area contributed by atoms with Crippen LogP contribution < -0.4 is 0 Å². The second kappa shape index (κ2) is 2.60. The summed E-state index contributed by atoms with van der Waals surface area (Å²) in [5.41, 5.74) is 0.707. The van der Waals surface area contributed by atoms with Crippen LogP contribution in [0.4, 0.5) is 0 Å². The molecule has 0 aromatic rings. The summed E-state index contributed by atoms with van der Waals surface area (Å²) >= 11 is 0. The van der Waals surface area contributed by atoms with Gasteiger partial charge in [0.1, 0.15) is 5.41 Å². The highest BCUT2D eigenvalue weighted by Crippen LogP contribution is 2.29. The van der Waals surface area contributed by atoms with Gasteiger partial charge in [0, 0.05) is 0 Å². The molecule has 12 heavy (non-hydrogen) atoms. The second-order valence-corrected chi connectivity index (χ2v) is 3.36. The zero-order valence-electron chi connectivity index (χ0n) is 7.51. The molecule has 0 aliphatic heterocycles. The van der Waals surface area contributed by atoms with Crippen LogP contribution in [0, 0.1) is 16.7 Å². The minimum atomic E-state index is -0.942. The second-order valence-electron chi connectivity index (χ2n) is 3.36. The van der Waals surface area contributed by atoms with Crippen LogP contribution in [0.25, 0.3) is 0 Å². The Labute approximate surface area is 72.2 Å². The summed E-state index contributed by atoms with van der Waals surface area (Å²) < 4.78 is 0. The summed E-state index contributed by atoms with van der Waals surface area (Å²) in [6, 6.07) is 2.02. The number of nitrogens with zero attached hydrogens (tertiary/aromatic N) is 1. The number of carbonyl (C=O) groups excluding carboxylic acids is 1. The number of nitriles is 1. The molecule has 1 unspecified atom stereocenters. The van der Waals surface area contributed by atoms with E-state index in [9.17, 15) is 4.79 Å². The van der Waals surface area contributed by atoms with Gasteiger partial charge >= 0.3 is 0 Å². The monoisotopic (exact) mass is 161 g/mol. The van der Waals surface area contributed by atoms with Crippen LogP contribution in [0.15, 0.2) is 23.3 Å². The van der Waals surface area contributed by atoms with Crippen molar-refractivity contribution in [2.45, 2.75) is 20.8 Å². The Bertz CT molecular complexity index is 330. The van der Waals surface area contributed by atoms with Gasteiger partial charge in [0.2, 0.25) is 0 Å². The third-order valence-electron chi connectivity index (χ3n) is 2.02. The standard InChI is InChI=1S/C10H11NO/c1-7-4-8(2)9(12)10(3,5-7)6-11/h4-5H,1-3H3. The topological polar surface area (TPSA) is 40.9 Å². The number of hydrogen-bond donors (Lipinski definition) is 0. The molecule has 62 valence electrons. The van der Waals surface area contributed by atoms with Crippen molar-refractivity contribution in [1.29, 1.82) is 5.26 Å². The van der Waals surface area contributed by atoms with Gasteiger partial charge in [-0.3, -0.25) is 4.79 Å². The average molecular weight is 161 g/mol. The number of ketones is 1. The van der Waals surface area contributed by atoms with E-state index in [1.54, 1.807) is 26.0 Å². The van der Waals surface area contributed by atoms with Crippen LogP contribution in [-0.4, -0.2) is 5.78 Å². The molecule has 0 N–H and O–H groups in total. The molecule has 1 atom stereocenters. The van der Waals surface area contributed by atoms with E-state index in [-0.39, 0.29) is 5.78 Å². The van der Waals surface area contributed by atoms with Crippen molar-refractivity contribution in [2.75, 3.05) is 0 Å². The highest BCUT2D eigenvalue weighted by molar-refractivity contribution is 6.04. The van der Waals surface area contributed by atoms with Crippen molar-refractivity contribution < 1.29 is 4.79 Å². The molecule has 0 saturated carbocycles. The van der Waals surface area contributed by atoms with Crippen molar-refractivity contribution in [3.8, 4) is 6.07 Å². The van der Waals surface area contributed by atoms with E-state index in [2.05, 4.69) is 0 Å². The van der Waals surface area contributed by atoms with Gasteiger partial charge < -0.3 is 0 Å². The molecule has 0 amide bonds. The zero-order chi connectivity index (χ0) is 9.35. The lowest BCUT2D eigenvalue weighted by Gasteiger charge is -2.20. The molecule has 0 fully saturated rings. The minimum Gasteiger partial charge on any atom is -0.292 e. The Morgan fingerprint density at radius 1 is 1.50 bits per heavy atom. The Morgan fingerprint density at radius 2 is 2.08 bits per heavy atom. The van der Waals surface area contributed by atoms with Gasteiger partial charge in [-0.05, 0) is 26.3 Å². The van der Waals surface area contributed by atoms with Crippen molar-refractivity contribution in [2.24, 2.45) is 5.41 Å². The normalized spacial score (nSPS) is 29.0. The van der Waals surface area contributed by atoms with E-state index >= 15 is 0 Å². The van der Waals surface area contributed by atoms with Crippen molar-refractivity contribution in [3.05, 3.63) is 23.3 Å². The molecule has 1 rings (SSSR count). The fraction of sp³-hybridized carbons (Fsp3) is 0.400. The Hall–Kier alpha value is -1.36. The maximum atomic E-state index is 11.5. The van der Waals surface area contributed by atoms with Crippen LogP contribution in [0.2, 0.25) is 0 Å². The van der Waals surface area contributed by atoms with E-state index in [0.29, 0.717) is 5.57 Å². The predicted octanol–water partition coefficient (Wildman–Crippen LogP) is 1.99. The summed E-state index contributed by atoms with van der Waals surface area (Å²) in [5.74, 6) is -0.0874. The fourth-order valence-corrected chi connectivity index (χ4v) is 1.46. The quantitative estimate of drug-likeness (QED) is 0.545. The first-order valence-electron chi connectivity index (χ1n) is 3.83. The molecule has 2 heteroatoms. The molecular formula is C10H11NO. The third-order valence-corrected chi connectivity index (χ3v) is 2.02. The first kappa shape index (κ1) is 8.73. The summed E-state index contributed by atoms with van der Waals surface area (Å²) in [4.78, 5) is 11.5. The van der Waals surface area contributed by atoms with E-state index in [4.69, 9.17) is 5.26 Å². The Morgan fingerprint density at radius 3 is 2.58 bits per heavy atom. The molecule has 0 aromatic carbocycles. The highest BCUT2D eigenvalue weighted by Gasteiger charge is 2.33. The first-order chi connectivity index (χ1) is 5.49. The molecular weight excluding hydrogens is 150 g/mol. The summed E-state index contributed by atoms with van der Waals surface area (Å²) in [7, 11) is 0. The number of rotatable bonds is 0. The highest BCUT2D eigenvalue weighted by atomic mass is 16.1. The molecule has 0 heterocycles.